The van der Waals surface area contributed by atoms with E-state index in [1.807, 2.05) is 30.3 Å². The molecule has 0 radical (unpaired) electrons. The molecule has 0 N–H and O–H groups in total. The van der Waals surface area contributed by atoms with E-state index >= 15 is 0 Å². The minimum absolute atomic E-state index is 0.0767. The Bertz CT molecular complexity index is 1390. The number of benzene rings is 3. The predicted octanol–water partition coefficient (Wildman–Crippen LogP) is 5.15. The third-order valence-corrected chi connectivity index (χ3v) is 8.10. The minimum atomic E-state index is -4.47. The first-order valence-corrected chi connectivity index (χ1v) is 13.0. The molecule has 1 aliphatic rings. The van der Waals surface area contributed by atoms with E-state index in [1.165, 1.54) is 29.2 Å². The van der Waals surface area contributed by atoms with Crippen molar-refractivity contribution in [3.63, 3.8) is 0 Å². The van der Waals surface area contributed by atoms with Gasteiger partial charge in [-0.15, -0.1) is 0 Å². The van der Waals surface area contributed by atoms with Crippen molar-refractivity contribution in [2.24, 2.45) is 0 Å². The van der Waals surface area contributed by atoms with E-state index < -0.39 is 17.6 Å². The van der Waals surface area contributed by atoms with Crippen LogP contribution < -0.4 is 13.8 Å². The molecule has 5 rings (SSSR count). The Morgan fingerprint density at radius 3 is 2.28 bits per heavy atom. The van der Waals surface area contributed by atoms with Crippen molar-refractivity contribution in [2.45, 2.75) is 19.0 Å². The maximum atomic E-state index is 13.6. The zero-order chi connectivity index (χ0) is 25.3. The summed E-state index contributed by atoms with van der Waals surface area (Å²) in [5, 5.41) is 0. The summed E-state index contributed by atoms with van der Waals surface area (Å²) < 4.78 is 54.7. The summed E-state index contributed by atoms with van der Waals surface area (Å²) in [5.41, 5.74) is 1.69. The van der Waals surface area contributed by atoms with E-state index in [4.69, 9.17) is 4.98 Å². The molecule has 1 aromatic heterocycles. The zero-order valence-electron chi connectivity index (χ0n) is 18.9. The van der Waals surface area contributed by atoms with E-state index in [0.717, 1.165) is 38.6 Å². The van der Waals surface area contributed by atoms with Crippen molar-refractivity contribution in [2.75, 3.05) is 11.4 Å². The fourth-order valence-electron chi connectivity index (χ4n) is 4.14. The summed E-state index contributed by atoms with van der Waals surface area (Å²) >= 11 is -0.0767. The number of rotatable bonds is 4. The van der Waals surface area contributed by atoms with Gasteiger partial charge < -0.3 is 0 Å². The third-order valence-electron chi connectivity index (χ3n) is 5.92. The number of carbonyl (C=O) groups is 1. The average Bonchev–Trinajstić information content (AvgIpc) is 2.88. The Hall–Kier alpha value is -3.48. The first-order valence-electron chi connectivity index (χ1n) is 11.3. The number of fused-ring (bicyclic) bond motifs is 1. The van der Waals surface area contributed by atoms with Gasteiger partial charge in [0.2, 0.25) is 0 Å². The number of alkyl halides is 3. The van der Waals surface area contributed by atoms with Crippen molar-refractivity contribution < 1.29 is 22.4 Å². The van der Waals surface area contributed by atoms with Crippen molar-refractivity contribution in [3.8, 4) is 11.3 Å². The van der Waals surface area contributed by atoms with Gasteiger partial charge in [-0.05, 0) is 0 Å². The van der Waals surface area contributed by atoms with Gasteiger partial charge in [-0.2, -0.15) is 0 Å². The fourth-order valence-corrected chi connectivity index (χ4v) is 6.25. The number of hydrogen-bond donors (Lipinski definition) is 0. The van der Waals surface area contributed by atoms with Gasteiger partial charge in [0.05, 0.1) is 0 Å². The average molecular weight is 555 g/mol. The van der Waals surface area contributed by atoms with Gasteiger partial charge in [0.25, 0.3) is 0 Å². The Morgan fingerprint density at radius 1 is 0.917 bits per heavy atom. The first-order chi connectivity index (χ1) is 17.3. The van der Waals surface area contributed by atoms with Gasteiger partial charge in [-0.25, -0.2) is 0 Å². The van der Waals surface area contributed by atoms with Crippen LogP contribution in [0, 0.1) is 5.82 Å². The van der Waals surface area contributed by atoms with E-state index in [-0.39, 0.29) is 26.3 Å². The summed E-state index contributed by atoms with van der Waals surface area (Å²) in [6.07, 6.45) is -3.02. The Kier molecular flexibility index (Phi) is 6.65. The molecule has 2 heterocycles. The Balaban J connectivity index is 1.56. The number of carbonyl (C=O) groups excluding carboxylic acids is 1. The Labute approximate surface area is 212 Å². The number of halogens is 4. The number of pyridine rings is 1. The zero-order valence-corrected chi connectivity index (χ0v) is 20.6. The SMILES string of the molecule is O=C(c1ccc(C(F)(F)F)cc1)N1CCCc2cc([Se]c3ccccc3)c(-c3ccc(F)cc3)nc21. The van der Waals surface area contributed by atoms with Crippen LogP contribution in [-0.4, -0.2) is 32.4 Å². The molecule has 1 amide bonds. The predicted molar refractivity (Wildman–Crippen MR) is 133 cm³/mol. The standard InChI is InChI=1S/C28H20F4N2OSe/c29-22-14-10-18(11-15-22)25-24(36-23-6-2-1-3-7-23)17-20-5-4-16-34(26(20)33-25)27(35)19-8-12-21(13-9-19)28(30,31)32/h1-3,6-15,17H,4-5,16H2. The van der Waals surface area contributed by atoms with Crippen LogP contribution in [0.2, 0.25) is 0 Å². The molecule has 8 heteroatoms. The molecule has 36 heavy (non-hydrogen) atoms. The van der Waals surface area contributed by atoms with Gasteiger partial charge >= 0.3 is 212 Å². The van der Waals surface area contributed by atoms with Crippen molar-refractivity contribution in [3.05, 3.63) is 107 Å². The molecule has 0 unspecified atom stereocenters. The molecular formula is C28H20F4N2OSe. The molecule has 3 nitrogen and oxygen atoms in total. The van der Waals surface area contributed by atoms with Crippen LogP contribution in [0.3, 0.4) is 0 Å². The molecule has 4 aromatic rings. The molecule has 0 aliphatic carbocycles. The molecule has 0 saturated heterocycles. The van der Waals surface area contributed by atoms with E-state index in [9.17, 15) is 22.4 Å². The van der Waals surface area contributed by atoms with Gasteiger partial charge in [-0.1, -0.05) is 0 Å². The van der Waals surface area contributed by atoms with Crippen molar-refractivity contribution in [1.82, 2.24) is 4.98 Å². The van der Waals surface area contributed by atoms with Gasteiger partial charge in [-0.3, -0.25) is 0 Å². The normalized spacial score (nSPS) is 13.4. The summed E-state index contributed by atoms with van der Waals surface area (Å²) in [7, 11) is 0. The molecule has 0 saturated carbocycles. The quantitative estimate of drug-likeness (QED) is 0.258. The number of anilines is 1. The maximum absolute atomic E-state index is 13.6. The second-order valence-electron chi connectivity index (χ2n) is 8.38. The summed E-state index contributed by atoms with van der Waals surface area (Å²) in [6.45, 7) is 0.409. The van der Waals surface area contributed by atoms with E-state index in [2.05, 4.69) is 6.07 Å². The monoisotopic (exact) mass is 556 g/mol. The molecule has 0 spiro atoms. The Morgan fingerprint density at radius 2 is 1.61 bits per heavy atom. The van der Waals surface area contributed by atoms with E-state index in [1.54, 1.807) is 12.1 Å². The second kappa shape index (κ2) is 9.88. The molecular weight excluding hydrogens is 535 g/mol. The number of hydrogen-bond acceptors (Lipinski definition) is 2. The number of nitrogens with zero attached hydrogens (tertiary/aromatic N) is 2. The molecule has 1 aliphatic heterocycles. The molecule has 3 aromatic carbocycles. The number of aryl methyl sites for hydroxylation is 1. The van der Waals surface area contributed by atoms with Crippen LogP contribution in [0.4, 0.5) is 23.4 Å². The van der Waals surface area contributed by atoms with Crippen molar-refractivity contribution >= 4 is 35.6 Å². The molecule has 182 valence electrons. The topological polar surface area (TPSA) is 33.2 Å². The van der Waals surface area contributed by atoms with E-state index in [0.29, 0.717) is 24.5 Å². The second-order valence-corrected chi connectivity index (χ2v) is 10.7. The van der Waals surface area contributed by atoms with Crippen molar-refractivity contribution in [1.29, 1.82) is 0 Å². The molecule has 0 atom stereocenters. The van der Waals surface area contributed by atoms with Crippen LogP contribution in [0.1, 0.15) is 27.9 Å². The number of aromatic nitrogens is 1. The summed E-state index contributed by atoms with van der Waals surface area (Å²) in [5.74, 6) is -0.257. The first kappa shape index (κ1) is 24.2. The van der Waals surface area contributed by atoms with Crippen LogP contribution in [0.15, 0.2) is 84.9 Å². The third kappa shape index (κ3) is 5.06. The van der Waals surface area contributed by atoms with Crippen LogP contribution >= 0.6 is 0 Å². The van der Waals surface area contributed by atoms with Gasteiger partial charge in [0, 0.05) is 0 Å². The molecule has 0 fully saturated rings. The van der Waals surface area contributed by atoms with Crippen LogP contribution in [0.5, 0.6) is 0 Å². The fraction of sp³-hybridized carbons (Fsp3) is 0.143. The van der Waals surface area contributed by atoms with Gasteiger partial charge in [0.15, 0.2) is 0 Å². The number of amides is 1. The van der Waals surface area contributed by atoms with Crippen LogP contribution in [0.25, 0.3) is 11.3 Å². The summed E-state index contributed by atoms with van der Waals surface area (Å²) in [6, 6.07) is 22.4. The molecule has 0 bridgehead atoms. The summed E-state index contributed by atoms with van der Waals surface area (Å²) in [4.78, 5) is 19.8. The van der Waals surface area contributed by atoms with Crippen LogP contribution in [-0.2, 0) is 12.6 Å². The van der Waals surface area contributed by atoms with Gasteiger partial charge in [0.1, 0.15) is 0 Å².